The molecule has 0 radical (unpaired) electrons. The molecule has 2 aliphatic rings. The van der Waals surface area contributed by atoms with Gasteiger partial charge >= 0.3 is 0 Å². The van der Waals surface area contributed by atoms with E-state index in [4.69, 9.17) is 0 Å². The first-order chi connectivity index (χ1) is 10.9. The van der Waals surface area contributed by atoms with Gasteiger partial charge in [0.25, 0.3) is 5.91 Å². The van der Waals surface area contributed by atoms with Gasteiger partial charge < -0.3 is 10.2 Å². The highest BCUT2D eigenvalue weighted by atomic mass is 32.2. The molecule has 7 heteroatoms. The van der Waals surface area contributed by atoms with E-state index in [-0.39, 0.29) is 22.9 Å². The molecular formula is C16H23N3O3S. The number of nitrogens with one attached hydrogen (secondary N) is 1. The molecule has 0 spiro atoms. The average molecular weight is 337 g/mol. The predicted octanol–water partition coefficient (Wildman–Crippen LogP) is 0.903. The van der Waals surface area contributed by atoms with Gasteiger partial charge in [0.1, 0.15) is 0 Å². The second-order valence-corrected chi connectivity index (χ2v) is 8.28. The lowest BCUT2D eigenvalue weighted by Crippen LogP contribution is -2.42. The van der Waals surface area contributed by atoms with E-state index >= 15 is 0 Å². The van der Waals surface area contributed by atoms with Crippen LogP contribution >= 0.6 is 0 Å². The fraction of sp³-hybridized carbons (Fsp3) is 0.562. The summed E-state index contributed by atoms with van der Waals surface area (Å²) in [5.74, 6) is -0.131. The molecule has 0 aromatic heterocycles. The van der Waals surface area contributed by atoms with Crippen molar-refractivity contribution in [2.45, 2.75) is 36.2 Å². The molecular weight excluding hydrogens is 314 g/mol. The monoisotopic (exact) mass is 337 g/mol. The molecule has 2 fully saturated rings. The van der Waals surface area contributed by atoms with E-state index in [9.17, 15) is 13.2 Å². The van der Waals surface area contributed by atoms with Crippen LogP contribution in [0.2, 0.25) is 0 Å². The minimum Gasteiger partial charge on any atom is -0.345 e. The molecule has 0 aliphatic carbocycles. The van der Waals surface area contributed by atoms with E-state index in [0.29, 0.717) is 12.1 Å². The van der Waals surface area contributed by atoms with Crippen LogP contribution in [0.15, 0.2) is 29.2 Å². The molecule has 1 amide bonds. The molecule has 126 valence electrons. The smallest absolute Gasteiger partial charge is 0.253 e. The number of carbonyl (C=O) groups is 1. The van der Waals surface area contributed by atoms with E-state index in [1.807, 2.05) is 0 Å². The van der Waals surface area contributed by atoms with Crippen molar-refractivity contribution in [3.8, 4) is 0 Å². The number of hydrogen-bond acceptors (Lipinski definition) is 4. The molecule has 2 saturated heterocycles. The summed E-state index contributed by atoms with van der Waals surface area (Å²) in [5.41, 5.74) is 0.495. The lowest BCUT2D eigenvalue weighted by atomic mass is 10.1. The summed E-state index contributed by atoms with van der Waals surface area (Å²) < 4.78 is 27.7. The van der Waals surface area contributed by atoms with Gasteiger partial charge in [-0.15, -0.1) is 0 Å². The van der Waals surface area contributed by atoms with Crippen LogP contribution in [-0.2, 0) is 10.0 Å². The van der Waals surface area contributed by atoms with E-state index < -0.39 is 10.0 Å². The summed E-state index contributed by atoms with van der Waals surface area (Å²) in [6.07, 6.45) is 2.70. The first-order valence-corrected chi connectivity index (χ1v) is 9.41. The molecule has 2 heterocycles. The topological polar surface area (TPSA) is 69.7 Å². The number of carbonyl (C=O) groups excluding carboxylic acids is 1. The van der Waals surface area contributed by atoms with Crippen molar-refractivity contribution in [2.75, 3.05) is 27.2 Å². The van der Waals surface area contributed by atoms with Crippen molar-refractivity contribution < 1.29 is 13.2 Å². The Labute approximate surface area is 137 Å². The van der Waals surface area contributed by atoms with Crippen LogP contribution < -0.4 is 5.32 Å². The second kappa shape index (κ2) is 6.22. The maximum atomic E-state index is 13.0. The Hall–Kier alpha value is -1.44. The van der Waals surface area contributed by atoms with Crippen molar-refractivity contribution >= 4 is 15.9 Å². The Bertz CT molecular complexity index is 671. The van der Waals surface area contributed by atoms with Gasteiger partial charge in [0.2, 0.25) is 10.0 Å². The van der Waals surface area contributed by atoms with Gasteiger partial charge in [-0.1, -0.05) is 0 Å². The zero-order valence-electron chi connectivity index (χ0n) is 13.5. The maximum Gasteiger partial charge on any atom is 0.253 e. The maximum absolute atomic E-state index is 13.0. The quantitative estimate of drug-likeness (QED) is 0.890. The third kappa shape index (κ3) is 3.00. The fourth-order valence-corrected chi connectivity index (χ4v) is 5.38. The SMILES string of the molecule is CN(C)C(=O)c1ccc(S(=O)(=O)N2C3CCNCC2CC3)cc1. The molecule has 2 atom stereocenters. The summed E-state index contributed by atoms with van der Waals surface area (Å²) in [5, 5.41) is 3.31. The predicted molar refractivity (Wildman–Crippen MR) is 87.8 cm³/mol. The molecule has 2 aliphatic heterocycles. The number of sulfonamides is 1. The number of rotatable bonds is 3. The third-order valence-corrected chi connectivity index (χ3v) is 6.69. The van der Waals surface area contributed by atoms with Crippen molar-refractivity contribution in [1.29, 1.82) is 0 Å². The van der Waals surface area contributed by atoms with E-state index in [1.54, 1.807) is 42.7 Å². The zero-order chi connectivity index (χ0) is 16.6. The largest absolute Gasteiger partial charge is 0.345 e. The number of benzene rings is 1. The van der Waals surface area contributed by atoms with Gasteiger partial charge in [0.15, 0.2) is 0 Å². The minimum absolute atomic E-state index is 0.0376. The molecule has 2 bridgehead atoms. The summed E-state index contributed by atoms with van der Waals surface area (Å²) >= 11 is 0. The highest BCUT2D eigenvalue weighted by Gasteiger charge is 2.42. The van der Waals surface area contributed by atoms with Crippen LogP contribution in [0.4, 0.5) is 0 Å². The lowest BCUT2D eigenvalue weighted by Gasteiger charge is -2.27. The van der Waals surface area contributed by atoms with Crippen molar-refractivity contribution in [1.82, 2.24) is 14.5 Å². The van der Waals surface area contributed by atoms with Crippen LogP contribution in [0.1, 0.15) is 29.6 Å². The standard InChI is InChI=1S/C16H23N3O3S/c1-18(2)16(20)12-3-7-15(8-4-12)23(21,22)19-13-5-6-14(19)11-17-10-9-13/h3-4,7-8,13-14,17H,5-6,9-11H2,1-2H3. The van der Waals surface area contributed by atoms with Crippen molar-refractivity contribution in [3.05, 3.63) is 29.8 Å². The van der Waals surface area contributed by atoms with Gasteiger partial charge in [-0.2, -0.15) is 4.31 Å². The summed E-state index contributed by atoms with van der Waals surface area (Å²) in [6, 6.07) is 6.40. The van der Waals surface area contributed by atoms with E-state index in [1.165, 1.54) is 4.90 Å². The Morgan fingerprint density at radius 3 is 2.43 bits per heavy atom. The number of nitrogens with zero attached hydrogens (tertiary/aromatic N) is 2. The van der Waals surface area contributed by atoms with E-state index in [2.05, 4.69) is 5.32 Å². The molecule has 23 heavy (non-hydrogen) atoms. The van der Waals surface area contributed by atoms with Crippen LogP contribution in [0, 0.1) is 0 Å². The molecule has 1 aromatic rings. The van der Waals surface area contributed by atoms with E-state index in [0.717, 1.165) is 25.8 Å². The van der Waals surface area contributed by atoms with Gasteiger partial charge in [0.05, 0.1) is 4.90 Å². The number of fused-ring (bicyclic) bond motifs is 2. The normalized spacial score (nSPS) is 25.1. The molecule has 0 saturated carbocycles. The molecule has 1 aromatic carbocycles. The Morgan fingerprint density at radius 1 is 1.13 bits per heavy atom. The van der Waals surface area contributed by atoms with Crippen LogP contribution in [0.5, 0.6) is 0 Å². The van der Waals surface area contributed by atoms with Gasteiger partial charge in [-0.3, -0.25) is 4.79 Å². The minimum atomic E-state index is -3.52. The van der Waals surface area contributed by atoms with Gasteiger partial charge in [-0.05, 0) is 50.1 Å². The zero-order valence-corrected chi connectivity index (χ0v) is 14.3. The highest BCUT2D eigenvalue weighted by Crippen LogP contribution is 2.33. The Morgan fingerprint density at radius 2 is 1.78 bits per heavy atom. The molecule has 3 rings (SSSR count). The van der Waals surface area contributed by atoms with Crippen LogP contribution in [-0.4, -0.2) is 62.8 Å². The Balaban J connectivity index is 1.89. The van der Waals surface area contributed by atoms with Crippen LogP contribution in [0.25, 0.3) is 0 Å². The first-order valence-electron chi connectivity index (χ1n) is 7.97. The first kappa shape index (κ1) is 16.4. The molecule has 1 N–H and O–H groups in total. The third-order valence-electron chi connectivity index (χ3n) is 4.67. The fourth-order valence-electron chi connectivity index (χ4n) is 3.48. The lowest BCUT2D eigenvalue weighted by molar-refractivity contribution is 0.0827. The van der Waals surface area contributed by atoms with Crippen molar-refractivity contribution in [3.63, 3.8) is 0 Å². The summed E-state index contributed by atoms with van der Waals surface area (Å²) in [6.45, 7) is 1.58. The van der Waals surface area contributed by atoms with Crippen molar-refractivity contribution in [2.24, 2.45) is 0 Å². The average Bonchev–Trinajstić information content (AvgIpc) is 2.80. The van der Waals surface area contributed by atoms with Gasteiger partial charge in [0, 0.05) is 38.3 Å². The second-order valence-electron chi connectivity index (χ2n) is 6.44. The Kier molecular flexibility index (Phi) is 4.44. The summed E-state index contributed by atoms with van der Waals surface area (Å²) in [7, 11) is -0.165. The summed E-state index contributed by atoms with van der Waals surface area (Å²) in [4.78, 5) is 13.7. The highest BCUT2D eigenvalue weighted by molar-refractivity contribution is 7.89. The number of hydrogen-bond donors (Lipinski definition) is 1. The van der Waals surface area contributed by atoms with Gasteiger partial charge in [-0.25, -0.2) is 8.42 Å². The number of amides is 1. The molecule has 2 unspecified atom stereocenters. The van der Waals surface area contributed by atoms with Crippen LogP contribution in [0.3, 0.4) is 0 Å². The molecule has 6 nitrogen and oxygen atoms in total.